The summed E-state index contributed by atoms with van der Waals surface area (Å²) in [5.41, 5.74) is 1.21. The first-order chi connectivity index (χ1) is 6.63. The van der Waals surface area contributed by atoms with Gasteiger partial charge in [-0.15, -0.1) is 0 Å². The van der Waals surface area contributed by atoms with Gasteiger partial charge in [-0.1, -0.05) is 13.5 Å². The third kappa shape index (κ3) is 3.05. The van der Waals surface area contributed by atoms with Gasteiger partial charge in [0.25, 0.3) is 0 Å². The molecule has 3 nitrogen and oxygen atoms in total. The van der Waals surface area contributed by atoms with E-state index in [0.29, 0.717) is 6.04 Å². The van der Waals surface area contributed by atoms with Crippen molar-refractivity contribution in [2.24, 2.45) is 0 Å². The van der Waals surface area contributed by atoms with E-state index in [1.807, 2.05) is 0 Å². The molecule has 0 saturated carbocycles. The first-order valence-corrected chi connectivity index (χ1v) is 5.33. The van der Waals surface area contributed by atoms with Gasteiger partial charge in [0.15, 0.2) is 0 Å². The standard InChI is InChI=1S/C11H20N2O/c1-4-9(2)13-7-5-11(6-8-13)12-10(3)14/h11H,2,4-8H2,1,3H3,(H,12,14). The first-order valence-electron chi connectivity index (χ1n) is 5.33. The summed E-state index contributed by atoms with van der Waals surface area (Å²) in [6.45, 7) is 9.78. The SMILES string of the molecule is C=C(CC)N1CCC(NC(C)=O)CC1. The number of nitrogens with zero attached hydrogens (tertiary/aromatic N) is 1. The van der Waals surface area contributed by atoms with Crippen LogP contribution in [-0.2, 0) is 4.79 Å². The highest BCUT2D eigenvalue weighted by Crippen LogP contribution is 2.15. The van der Waals surface area contributed by atoms with E-state index < -0.39 is 0 Å². The minimum atomic E-state index is 0.0813. The predicted molar refractivity (Wildman–Crippen MR) is 57.8 cm³/mol. The van der Waals surface area contributed by atoms with Crippen molar-refractivity contribution >= 4 is 5.91 Å². The highest BCUT2D eigenvalue weighted by Gasteiger charge is 2.19. The van der Waals surface area contributed by atoms with Crippen molar-refractivity contribution in [2.75, 3.05) is 13.1 Å². The monoisotopic (exact) mass is 196 g/mol. The molecule has 1 aliphatic rings. The van der Waals surface area contributed by atoms with Crippen LogP contribution in [0.15, 0.2) is 12.3 Å². The summed E-state index contributed by atoms with van der Waals surface area (Å²) in [6, 6.07) is 0.369. The number of rotatable bonds is 3. The normalized spacial score (nSPS) is 18.0. The summed E-state index contributed by atoms with van der Waals surface area (Å²) in [7, 11) is 0. The van der Waals surface area contributed by atoms with E-state index in [1.165, 1.54) is 5.70 Å². The number of piperidine rings is 1. The van der Waals surface area contributed by atoms with Crippen LogP contribution in [0.2, 0.25) is 0 Å². The molecule has 3 heteroatoms. The second-order valence-corrected chi connectivity index (χ2v) is 3.88. The minimum absolute atomic E-state index is 0.0813. The van der Waals surface area contributed by atoms with Gasteiger partial charge < -0.3 is 10.2 Å². The highest BCUT2D eigenvalue weighted by molar-refractivity contribution is 5.73. The average molecular weight is 196 g/mol. The Morgan fingerprint density at radius 3 is 2.50 bits per heavy atom. The maximum absolute atomic E-state index is 10.8. The van der Waals surface area contributed by atoms with Crippen LogP contribution in [0.1, 0.15) is 33.1 Å². The maximum atomic E-state index is 10.8. The Balaban J connectivity index is 2.31. The van der Waals surface area contributed by atoms with Crippen molar-refractivity contribution in [2.45, 2.75) is 39.2 Å². The molecule has 1 saturated heterocycles. The number of hydrogen-bond donors (Lipinski definition) is 1. The Kier molecular flexibility index (Phi) is 3.98. The smallest absolute Gasteiger partial charge is 0.217 e. The van der Waals surface area contributed by atoms with Crippen molar-refractivity contribution < 1.29 is 4.79 Å². The Labute approximate surface area is 86.2 Å². The third-order valence-electron chi connectivity index (χ3n) is 2.76. The molecule has 1 rings (SSSR count). The lowest BCUT2D eigenvalue weighted by Gasteiger charge is -2.34. The molecule has 14 heavy (non-hydrogen) atoms. The van der Waals surface area contributed by atoms with Crippen LogP contribution >= 0.6 is 0 Å². The summed E-state index contributed by atoms with van der Waals surface area (Å²) in [6.07, 6.45) is 3.10. The molecular formula is C11H20N2O. The molecule has 0 spiro atoms. The molecule has 1 amide bonds. The fourth-order valence-corrected chi connectivity index (χ4v) is 1.85. The Morgan fingerprint density at radius 1 is 1.50 bits per heavy atom. The Hall–Kier alpha value is -0.990. The van der Waals surface area contributed by atoms with Crippen molar-refractivity contribution in [3.8, 4) is 0 Å². The molecule has 1 heterocycles. The van der Waals surface area contributed by atoms with Crippen LogP contribution in [0.3, 0.4) is 0 Å². The van der Waals surface area contributed by atoms with Gasteiger partial charge in [0.2, 0.25) is 5.91 Å². The largest absolute Gasteiger partial charge is 0.375 e. The first kappa shape index (κ1) is 11.1. The van der Waals surface area contributed by atoms with Gasteiger partial charge in [-0.3, -0.25) is 4.79 Å². The molecule has 0 atom stereocenters. The number of hydrogen-bond acceptors (Lipinski definition) is 2. The second kappa shape index (κ2) is 5.03. The Morgan fingerprint density at radius 2 is 2.07 bits per heavy atom. The van der Waals surface area contributed by atoms with Crippen molar-refractivity contribution in [1.82, 2.24) is 10.2 Å². The third-order valence-corrected chi connectivity index (χ3v) is 2.76. The maximum Gasteiger partial charge on any atom is 0.217 e. The zero-order valence-corrected chi connectivity index (χ0v) is 9.18. The van der Waals surface area contributed by atoms with Crippen LogP contribution in [0.5, 0.6) is 0 Å². The van der Waals surface area contributed by atoms with Gasteiger partial charge in [0.05, 0.1) is 0 Å². The lowest BCUT2D eigenvalue weighted by Crippen LogP contribution is -2.43. The quantitative estimate of drug-likeness (QED) is 0.742. The zero-order valence-electron chi connectivity index (χ0n) is 9.18. The van der Waals surface area contributed by atoms with Crippen molar-refractivity contribution in [1.29, 1.82) is 0 Å². The van der Waals surface area contributed by atoms with E-state index in [9.17, 15) is 4.79 Å². The van der Waals surface area contributed by atoms with E-state index in [-0.39, 0.29) is 5.91 Å². The van der Waals surface area contributed by atoms with Gasteiger partial charge >= 0.3 is 0 Å². The summed E-state index contributed by atoms with van der Waals surface area (Å²) < 4.78 is 0. The number of carbonyl (C=O) groups excluding carboxylic acids is 1. The lowest BCUT2D eigenvalue weighted by molar-refractivity contribution is -0.119. The molecule has 1 fully saturated rings. The molecule has 0 aromatic heterocycles. The molecule has 1 N–H and O–H groups in total. The highest BCUT2D eigenvalue weighted by atomic mass is 16.1. The molecule has 0 aliphatic carbocycles. The summed E-state index contributed by atoms with van der Waals surface area (Å²) >= 11 is 0. The van der Waals surface area contributed by atoms with Crippen molar-refractivity contribution in [3.05, 3.63) is 12.3 Å². The molecule has 1 aliphatic heterocycles. The summed E-state index contributed by atoms with van der Waals surface area (Å²) in [5, 5.41) is 2.96. The Bertz CT molecular complexity index is 217. The number of carbonyl (C=O) groups is 1. The molecule has 0 unspecified atom stereocenters. The van der Waals surface area contributed by atoms with Gasteiger partial charge in [-0.05, 0) is 19.3 Å². The topological polar surface area (TPSA) is 32.3 Å². The van der Waals surface area contributed by atoms with Crippen molar-refractivity contribution in [3.63, 3.8) is 0 Å². The fourth-order valence-electron chi connectivity index (χ4n) is 1.85. The zero-order chi connectivity index (χ0) is 10.6. The van der Waals surface area contributed by atoms with Gasteiger partial charge in [0, 0.05) is 31.8 Å². The van der Waals surface area contributed by atoms with E-state index in [1.54, 1.807) is 6.92 Å². The number of nitrogens with one attached hydrogen (secondary N) is 1. The second-order valence-electron chi connectivity index (χ2n) is 3.88. The van der Waals surface area contributed by atoms with Crippen LogP contribution in [0, 0.1) is 0 Å². The van der Waals surface area contributed by atoms with E-state index in [4.69, 9.17) is 0 Å². The predicted octanol–water partition coefficient (Wildman–Crippen LogP) is 1.51. The van der Waals surface area contributed by atoms with Gasteiger partial charge in [0.1, 0.15) is 0 Å². The average Bonchev–Trinajstić information content (AvgIpc) is 2.17. The lowest BCUT2D eigenvalue weighted by atomic mass is 10.0. The molecule has 0 aromatic rings. The van der Waals surface area contributed by atoms with Crippen LogP contribution in [0.4, 0.5) is 0 Å². The van der Waals surface area contributed by atoms with Gasteiger partial charge in [-0.25, -0.2) is 0 Å². The van der Waals surface area contributed by atoms with E-state index in [0.717, 1.165) is 32.4 Å². The number of allylic oxidation sites excluding steroid dienone is 1. The van der Waals surface area contributed by atoms with E-state index >= 15 is 0 Å². The minimum Gasteiger partial charge on any atom is -0.375 e. The van der Waals surface area contributed by atoms with Crippen LogP contribution < -0.4 is 5.32 Å². The molecular weight excluding hydrogens is 176 g/mol. The summed E-state index contributed by atoms with van der Waals surface area (Å²) in [4.78, 5) is 13.2. The molecule has 0 aromatic carbocycles. The number of amides is 1. The molecule has 80 valence electrons. The molecule has 0 radical (unpaired) electrons. The fraction of sp³-hybridized carbons (Fsp3) is 0.727. The molecule has 0 bridgehead atoms. The van der Waals surface area contributed by atoms with Crippen LogP contribution in [-0.4, -0.2) is 29.9 Å². The summed E-state index contributed by atoms with van der Waals surface area (Å²) in [5.74, 6) is 0.0813. The van der Waals surface area contributed by atoms with Gasteiger partial charge in [-0.2, -0.15) is 0 Å². The van der Waals surface area contributed by atoms with Crippen LogP contribution in [0.25, 0.3) is 0 Å². The number of likely N-dealkylation sites (tertiary alicyclic amines) is 1. The van der Waals surface area contributed by atoms with E-state index in [2.05, 4.69) is 23.7 Å².